The van der Waals surface area contributed by atoms with E-state index in [1.54, 1.807) is 35.4 Å². The lowest BCUT2D eigenvalue weighted by Gasteiger charge is -2.09. The number of halogens is 2. The summed E-state index contributed by atoms with van der Waals surface area (Å²) < 4.78 is 1.74. The van der Waals surface area contributed by atoms with Crippen molar-refractivity contribution in [3.05, 3.63) is 64.8 Å². The number of carbonyl (C=O) groups excluding carboxylic acids is 1. The lowest BCUT2D eigenvalue weighted by atomic mass is 10.2. The normalized spacial score (nSPS) is 10.5. The van der Waals surface area contributed by atoms with Crippen molar-refractivity contribution in [2.75, 3.05) is 11.1 Å². The first kappa shape index (κ1) is 15.3. The molecule has 0 aliphatic carbocycles. The maximum absolute atomic E-state index is 12.2. The Morgan fingerprint density at radius 2 is 1.96 bits per heavy atom. The van der Waals surface area contributed by atoms with Gasteiger partial charge in [-0.3, -0.25) is 9.36 Å². The molecule has 0 unspecified atom stereocenters. The van der Waals surface area contributed by atoms with E-state index in [1.165, 1.54) is 18.3 Å². The average molecular weight is 348 g/mol. The second-order valence-electron chi connectivity index (χ2n) is 4.68. The molecule has 0 fully saturated rings. The van der Waals surface area contributed by atoms with Gasteiger partial charge < -0.3 is 11.1 Å². The SMILES string of the molecule is Nc1c(Cl)cc(NC(=O)c2ccc(-n3ccnc3)nc2)cc1Cl. The first-order valence-corrected chi connectivity index (χ1v) is 7.30. The summed E-state index contributed by atoms with van der Waals surface area (Å²) in [6.45, 7) is 0. The van der Waals surface area contributed by atoms with Gasteiger partial charge in [-0.1, -0.05) is 23.2 Å². The number of hydrogen-bond acceptors (Lipinski definition) is 4. The van der Waals surface area contributed by atoms with Crippen LogP contribution in [0.5, 0.6) is 0 Å². The molecule has 0 aliphatic rings. The van der Waals surface area contributed by atoms with Crippen LogP contribution < -0.4 is 11.1 Å². The van der Waals surface area contributed by atoms with E-state index in [4.69, 9.17) is 28.9 Å². The van der Waals surface area contributed by atoms with E-state index in [-0.39, 0.29) is 21.6 Å². The number of anilines is 2. The number of carbonyl (C=O) groups is 1. The van der Waals surface area contributed by atoms with Gasteiger partial charge in [-0.2, -0.15) is 0 Å². The molecule has 1 amide bonds. The predicted octanol–water partition coefficient (Wildman–Crippen LogP) is 3.41. The van der Waals surface area contributed by atoms with E-state index < -0.39 is 0 Å². The van der Waals surface area contributed by atoms with E-state index in [0.29, 0.717) is 17.1 Å². The Hall–Kier alpha value is -2.57. The first-order chi connectivity index (χ1) is 11.0. The highest BCUT2D eigenvalue weighted by atomic mass is 35.5. The Morgan fingerprint density at radius 1 is 1.22 bits per heavy atom. The topological polar surface area (TPSA) is 85.8 Å². The van der Waals surface area contributed by atoms with Gasteiger partial charge in [0, 0.05) is 24.3 Å². The third-order valence-corrected chi connectivity index (χ3v) is 3.74. The third-order valence-electron chi connectivity index (χ3n) is 3.12. The smallest absolute Gasteiger partial charge is 0.257 e. The zero-order valence-electron chi connectivity index (χ0n) is 11.7. The van der Waals surface area contributed by atoms with Gasteiger partial charge in [-0.25, -0.2) is 9.97 Å². The number of amides is 1. The van der Waals surface area contributed by atoms with Crippen molar-refractivity contribution in [2.45, 2.75) is 0 Å². The molecule has 2 aromatic heterocycles. The van der Waals surface area contributed by atoms with Crippen LogP contribution in [-0.4, -0.2) is 20.4 Å². The summed E-state index contributed by atoms with van der Waals surface area (Å²) in [7, 11) is 0. The van der Waals surface area contributed by atoms with E-state index in [9.17, 15) is 4.79 Å². The van der Waals surface area contributed by atoms with Gasteiger partial charge in [0.15, 0.2) is 0 Å². The monoisotopic (exact) mass is 347 g/mol. The van der Waals surface area contributed by atoms with Crippen LogP contribution in [0.15, 0.2) is 49.2 Å². The molecule has 0 aliphatic heterocycles. The number of nitrogens with two attached hydrogens (primary N) is 1. The highest BCUT2D eigenvalue weighted by Crippen LogP contribution is 2.31. The highest BCUT2D eigenvalue weighted by molar-refractivity contribution is 6.39. The van der Waals surface area contributed by atoms with Gasteiger partial charge in [0.05, 0.1) is 21.3 Å². The second kappa shape index (κ2) is 6.28. The summed E-state index contributed by atoms with van der Waals surface area (Å²) in [5.74, 6) is 0.337. The fraction of sp³-hybridized carbons (Fsp3) is 0. The molecule has 0 atom stereocenters. The Labute approximate surface area is 141 Å². The van der Waals surface area contributed by atoms with Crippen molar-refractivity contribution < 1.29 is 4.79 Å². The zero-order chi connectivity index (χ0) is 16.4. The van der Waals surface area contributed by atoms with Gasteiger partial charge in [0.25, 0.3) is 5.91 Å². The van der Waals surface area contributed by atoms with Crippen LogP contribution in [0.4, 0.5) is 11.4 Å². The zero-order valence-corrected chi connectivity index (χ0v) is 13.2. The van der Waals surface area contributed by atoms with Crippen molar-refractivity contribution in [3.63, 3.8) is 0 Å². The van der Waals surface area contributed by atoms with Crippen molar-refractivity contribution >= 4 is 40.5 Å². The molecule has 8 heteroatoms. The fourth-order valence-corrected chi connectivity index (χ4v) is 2.41. The van der Waals surface area contributed by atoms with Crippen LogP contribution in [0.1, 0.15) is 10.4 Å². The van der Waals surface area contributed by atoms with Gasteiger partial charge in [-0.15, -0.1) is 0 Å². The third kappa shape index (κ3) is 3.28. The summed E-state index contributed by atoms with van der Waals surface area (Å²) in [5.41, 5.74) is 6.79. The molecule has 116 valence electrons. The van der Waals surface area contributed by atoms with Crippen LogP contribution >= 0.6 is 23.2 Å². The molecule has 0 bridgehead atoms. The van der Waals surface area contributed by atoms with E-state index in [1.807, 2.05) is 0 Å². The fourth-order valence-electron chi connectivity index (χ4n) is 1.93. The minimum Gasteiger partial charge on any atom is -0.396 e. The summed E-state index contributed by atoms with van der Waals surface area (Å²) in [5, 5.41) is 3.26. The molecule has 0 saturated heterocycles. The van der Waals surface area contributed by atoms with Crippen LogP contribution in [-0.2, 0) is 0 Å². The molecule has 0 spiro atoms. The maximum atomic E-state index is 12.2. The Bertz CT molecular complexity index is 824. The Balaban J connectivity index is 1.78. The minimum atomic E-state index is -0.327. The lowest BCUT2D eigenvalue weighted by Crippen LogP contribution is -2.12. The molecule has 0 radical (unpaired) electrons. The van der Waals surface area contributed by atoms with Gasteiger partial charge in [0.2, 0.25) is 0 Å². The van der Waals surface area contributed by atoms with Crippen LogP contribution in [0.25, 0.3) is 5.82 Å². The molecule has 3 rings (SSSR count). The van der Waals surface area contributed by atoms with Crippen molar-refractivity contribution in [3.8, 4) is 5.82 Å². The molecule has 6 nitrogen and oxygen atoms in total. The molecular formula is C15H11Cl2N5O. The van der Waals surface area contributed by atoms with Gasteiger partial charge >= 0.3 is 0 Å². The molecule has 23 heavy (non-hydrogen) atoms. The number of nitrogen functional groups attached to an aromatic ring is 1. The molecule has 1 aromatic carbocycles. The number of nitrogens with one attached hydrogen (secondary N) is 1. The molecule has 3 N–H and O–H groups in total. The molecule has 0 saturated carbocycles. The molecule has 3 aromatic rings. The highest BCUT2D eigenvalue weighted by Gasteiger charge is 2.10. The number of rotatable bonds is 3. The Morgan fingerprint density at radius 3 is 2.52 bits per heavy atom. The van der Waals surface area contributed by atoms with Gasteiger partial charge in [-0.05, 0) is 24.3 Å². The maximum Gasteiger partial charge on any atom is 0.257 e. The van der Waals surface area contributed by atoms with E-state index in [2.05, 4.69) is 15.3 Å². The largest absolute Gasteiger partial charge is 0.396 e. The molecule has 2 heterocycles. The number of imidazole rings is 1. The number of hydrogen-bond donors (Lipinski definition) is 2. The van der Waals surface area contributed by atoms with Crippen LogP contribution in [0.2, 0.25) is 10.0 Å². The van der Waals surface area contributed by atoms with Crippen molar-refractivity contribution in [1.82, 2.24) is 14.5 Å². The van der Waals surface area contributed by atoms with Crippen LogP contribution in [0, 0.1) is 0 Å². The van der Waals surface area contributed by atoms with Crippen molar-refractivity contribution in [1.29, 1.82) is 0 Å². The average Bonchev–Trinajstić information content (AvgIpc) is 3.07. The summed E-state index contributed by atoms with van der Waals surface area (Å²) >= 11 is 11.9. The first-order valence-electron chi connectivity index (χ1n) is 6.55. The quantitative estimate of drug-likeness (QED) is 0.711. The van der Waals surface area contributed by atoms with Gasteiger partial charge in [0.1, 0.15) is 12.1 Å². The van der Waals surface area contributed by atoms with E-state index >= 15 is 0 Å². The number of benzene rings is 1. The standard InChI is InChI=1S/C15H11Cl2N5O/c16-11-5-10(6-12(17)14(11)18)21-15(23)9-1-2-13(20-7-9)22-4-3-19-8-22/h1-8H,18H2,(H,21,23). The lowest BCUT2D eigenvalue weighted by molar-refractivity contribution is 0.102. The number of pyridine rings is 1. The summed E-state index contributed by atoms with van der Waals surface area (Å²) in [6.07, 6.45) is 6.52. The summed E-state index contributed by atoms with van der Waals surface area (Å²) in [6, 6.07) is 6.46. The molecular weight excluding hydrogens is 337 g/mol. The van der Waals surface area contributed by atoms with Crippen molar-refractivity contribution in [2.24, 2.45) is 0 Å². The van der Waals surface area contributed by atoms with E-state index in [0.717, 1.165) is 0 Å². The Kier molecular flexibility index (Phi) is 4.18. The minimum absolute atomic E-state index is 0.276. The second-order valence-corrected chi connectivity index (χ2v) is 5.50. The van der Waals surface area contributed by atoms with Crippen LogP contribution in [0.3, 0.4) is 0 Å². The predicted molar refractivity (Wildman–Crippen MR) is 90.2 cm³/mol. The number of aromatic nitrogens is 3. The summed E-state index contributed by atoms with van der Waals surface area (Å²) in [4.78, 5) is 20.4. The number of nitrogens with zero attached hydrogens (tertiary/aromatic N) is 3.